The van der Waals surface area contributed by atoms with Gasteiger partial charge >= 0.3 is 0 Å². The van der Waals surface area contributed by atoms with Crippen molar-refractivity contribution in [1.29, 1.82) is 0 Å². The van der Waals surface area contributed by atoms with Crippen LogP contribution >= 0.6 is 15.9 Å². The lowest BCUT2D eigenvalue weighted by atomic mass is 10.0. The summed E-state index contributed by atoms with van der Waals surface area (Å²) < 4.78 is 26.2. The predicted octanol–water partition coefficient (Wildman–Crippen LogP) is 4.75. The van der Waals surface area contributed by atoms with Gasteiger partial charge in [0.05, 0.1) is 18.4 Å². The minimum atomic E-state index is -2.00. The molecular formula is C17H25BrFNO3Si. The molecule has 4 nitrogen and oxygen atoms in total. The highest BCUT2D eigenvalue weighted by Gasteiger charge is 2.39. The summed E-state index contributed by atoms with van der Waals surface area (Å²) in [6.45, 7) is 11.0. The smallest absolute Gasteiger partial charge is 0.250 e. The number of anilines is 1. The first-order valence-corrected chi connectivity index (χ1v) is 12.0. The summed E-state index contributed by atoms with van der Waals surface area (Å²) in [5.74, 6) is -0.791. The molecule has 1 amide bonds. The first-order valence-electron chi connectivity index (χ1n) is 7.99. The van der Waals surface area contributed by atoms with Gasteiger partial charge in [0.15, 0.2) is 8.32 Å². The normalized spacial score (nSPS) is 17.0. The Bertz CT molecular complexity index is 631. The van der Waals surface area contributed by atoms with Crippen LogP contribution in [0.2, 0.25) is 18.1 Å². The van der Waals surface area contributed by atoms with Gasteiger partial charge in [-0.25, -0.2) is 4.39 Å². The number of carbonyl (C=O) groups is 1. The van der Waals surface area contributed by atoms with E-state index in [0.29, 0.717) is 10.9 Å². The molecule has 1 atom stereocenters. The zero-order chi connectivity index (χ0) is 18.1. The summed E-state index contributed by atoms with van der Waals surface area (Å²) in [4.78, 5) is 11.5. The molecule has 1 heterocycles. The maximum Gasteiger partial charge on any atom is 0.250 e. The highest BCUT2D eigenvalue weighted by atomic mass is 79.9. The van der Waals surface area contributed by atoms with E-state index in [2.05, 4.69) is 55.1 Å². The van der Waals surface area contributed by atoms with Crippen LogP contribution in [0.5, 0.6) is 0 Å². The van der Waals surface area contributed by atoms with Crippen molar-refractivity contribution in [2.45, 2.75) is 51.6 Å². The van der Waals surface area contributed by atoms with E-state index in [1.165, 1.54) is 6.07 Å². The third-order valence-electron chi connectivity index (χ3n) is 4.70. The number of rotatable bonds is 4. The maximum absolute atomic E-state index is 14.5. The molecule has 0 fully saturated rings. The molecule has 1 N–H and O–H groups in total. The maximum atomic E-state index is 14.5. The molecule has 1 aliphatic rings. The van der Waals surface area contributed by atoms with Gasteiger partial charge in [-0.2, -0.15) is 0 Å². The van der Waals surface area contributed by atoms with E-state index in [9.17, 15) is 9.18 Å². The number of ether oxygens (including phenoxy) is 1. The molecular weight excluding hydrogens is 393 g/mol. The van der Waals surface area contributed by atoms with Crippen LogP contribution in [0.4, 0.5) is 10.1 Å². The molecule has 0 aliphatic carbocycles. The molecule has 0 aromatic heterocycles. The second-order valence-corrected chi connectivity index (χ2v) is 13.0. The number of alkyl halides is 1. The number of nitrogens with one attached hydrogen (secondary N) is 1. The van der Waals surface area contributed by atoms with Crippen molar-refractivity contribution in [3.05, 3.63) is 29.1 Å². The first kappa shape index (κ1) is 19.6. The Kier molecular flexibility index (Phi) is 5.89. The van der Waals surface area contributed by atoms with Crippen molar-refractivity contribution >= 4 is 35.8 Å². The number of hydrogen-bond donors (Lipinski definition) is 1. The topological polar surface area (TPSA) is 47.6 Å². The molecule has 0 radical (unpaired) electrons. The van der Waals surface area contributed by atoms with Crippen LogP contribution in [0.25, 0.3) is 0 Å². The summed E-state index contributed by atoms with van der Waals surface area (Å²) in [7, 11) is -2.00. The summed E-state index contributed by atoms with van der Waals surface area (Å²) in [5, 5.41) is 3.20. The number of halogens is 2. The molecule has 1 aliphatic heterocycles. The molecule has 1 aromatic carbocycles. The van der Waals surface area contributed by atoms with Crippen molar-refractivity contribution < 1.29 is 18.3 Å². The minimum absolute atomic E-state index is 0.0637. The van der Waals surface area contributed by atoms with Crippen LogP contribution in [0, 0.1) is 5.82 Å². The number of carbonyl (C=O) groups excluding carboxylic acids is 1. The summed E-state index contributed by atoms with van der Waals surface area (Å²) >= 11 is 3.49. The lowest BCUT2D eigenvalue weighted by molar-refractivity contribution is -0.120. The third-order valence-corrected chi connectivity index (χ3v) is 9.78. The monoisotopic (exact) mass is 417 g/mol. The molecule has 134 valence electrons. The molecule has 0 saturated heterocycles. The molecule has 2 rings (SSSR count). The average Bonchev–Trinajstić information content (AvgIpc) is 2.65. The van der Waals surface area contributed by atoms with E-state index in [0.717, 1.165) is 5.56 Å². The van der Waals surface area contributed by atoms with Gasteiger partial charge in [-0.1, -0.05) is 36.7 Å². The van der Waals surface area contributed by atoms with Crippen molar-refractivity contribution in [3.8, 4) is 0 Å². The Morgan fingerprint density at radius 2 is 2.04 bits per heavy atom. The van der Waals surface area contributed by atoms with Gasteiger partial charge in [-0.05, 0) is 35.8 Å². The van der Waals surface area contributed by atoms with E-state index in [1.807, 2.05) is 6.07 Å². The quantitative estimate of drug-likeness (QED) is 0.567. The Balaban J connectivity index is 2.35. The van der Waals surface area contributed by atoms with Crippen molar-refractivity contribution in [2.24, 2.45) is 0 Å². The van der Waals surface area contributed by atoms with Crippen molar-refractivity contribution in [1.82, 2.24) is 0 Å². The lowest BCUT2D eigenvalue weighted by Crippen LogP contribution is -2.42. The van der Waals surface area contributed by atoms with Gasteiger partial charge in [0.1, 0.15) is 12.4 Å². The fourth-order valence-corrected chi connectivity index (χ4v) is 4.31. The Morgan fingerprint density at radius 1 is 1.38 bits per heavy atom. The van der Waals surface area contributed by atoms with E-state index in [1.54, 1.807) is 0 Å². The standard InChI is InChI=1S/C17H25BrFNO3Si/c1-17(2,3)24(4,5)23-14(8-18)11-6-12-9-22-10-15(21)20-16(12)13(19)7-11/h6-7,14H,8-10H2,1-5H3,(H,20,21). The SMILES string of the molecule is CC(C)(C)[Si](C)(C)OC(CBr)c1cc(F)c2c(c1)COCC(=O)N2. The zero-order valence-corrected chi connectivity index (χ0v) is 17.4. The molecule has 0 saturated carbocycles. The van der Waals surface area contributed by atoms with E-state index in [4.69, 9.17) is 9.16 Å². The molecule has 0 spiro atoms. The van der Waals surface area contributed by atoms with E-state index in [-0.39, 0.29) is 36.0 Å². The van der Waals surface area contributed by atoms with Crippen LogP contribution in [-0.4, -0.2) is 26.2 Å². The summed E-state index contributed by atoms with van der Waals surface area (Å²) in [5.41, 5.74) is 1.61. The van der Waals surface area contributed by atoms with Crippen LogP contribution < -0.4 is 5.32 Å². The number of amides is 1. The van der Waals surface area contributed by atoms with E-state index < -0.39 is 14.1 Å². The van der Waals surface area contributed by atoms with Crippen LogP contribution in [0.1, 0.15) is 38.0 Å². The molecule has 1 unspecified atom stereocenters. The fourth-order valence-electron chi connectivity index (χ4n) is 2.28. The molecule has 1 aromatic rings. The second kappa shape index (κ2) is 7.23. The Hall–Kier alpha value is -0.763. The fraction of sp³-hybridized carbons (Fsp3) is 0.588. The molecule has 0 bridgehead atoms. The average molecular weight is 418 g/mol. The highest BCUT2D eigenvalue weighted by Crippen LogP contribution is 2.40. The van der Waals surface area contributed by atoms with Crippen LogP contribution in [-0.2, 0) is 20.6 Å². The van der Waals surface area contributed by atoms with Crippen LogP contribution in [0.15, 0.2) is 12.1 Å². The van der Waals surface area contributed by atoms with Crippen molar-refractivity contribution in [3.63, 3.8) is 0 Å². The van der Waals surface area contributed by atoms with Gasteiger partial charge in [0.25, 0.3) is 0 Å². The molecule has 24 heavy (non-hydrogen) atoms. The number of hydrogen-bond acceptors (Lipinski definition) is 3. The van der Waals surface area contributed by atoms with Gasteiger partial charge in [0.2, 0.25) is 5.91 Å². The lowest BCUT2D eigenvalue weighted by Gasteiger charge is -2.39. The Morgan fingerprint density at radius 3 is 2.62 bits per heavy atom. The second-order valence-electron chi connectivity index (χ2n) is 7.60. The van der Waals surface area contributed by atoms with Crippen molar-refractivity contribution in [2.75, 3.05) is 17.3 Å². The summed E-state index contributed by atoms with van der Waals surface area (Å²) in [6.07, 6.45) is -0.246. The largest absolute Gasteiger partial charge is 0.409 e. The zero-order valence-electron chi connectivity index (χ0n) is 14.8. The third kappa shape index (κ3) is 4.25. The highest BCUT2D eigenvalue weighted by molar-refractivity contribution is 9.09. The minimum Gasteiger partial charge on any atom is -0.409 e. The molecule has 7 heteroatoms. The van der Waals surface area contributed by atoms with E-state index >= 15 is 0 Å². The van der Waals surface area contributed by atoms with Gasteiger partial charge in [-0.3, -0.25) is 4.79 Å². The van der Waals surface area contributed by atoms with Crippen LogP contribution in [0.3, 0.4) is 0 Å². The predicted molar refractivity (Wildman–Crippen MR) is 99.5 cm³/mol. The first-order chi connectivity index (χ1) is 11.0. The summed E-state index contributed by atoms with van der Waals surface area (Å²) in [6, 6.07) is 3.31. The van der Waals surface area contributed by atoms with Gasteiger partial charge in [0, 0.05) is 10.9 Å². The van der Waals surface area contributed by atoms with Gasteiger partial charge in [-0.15, -0.1) is 0 Å². The Labute approximate surface area is 152 Å². The number of fused-ring (bicyclic) bond motifs is 1. The number of benzene rings is 1. The van der Waals surface area contributed by atoms with Gasteiger partial charge < -0.3 is 14.5 Å².